The Balaban J connectivity index is 1.49. The summed E-state index contributed by atoms with van der Waals surface area (Å²) >= 11 is 11.2. The molecule has 6 heteroatoms. The topological polar surface area (TPSA) is 58.2 Å². The molecule has 4 aromatic carbocycles. The van der Waals surface area contributed by atoms with Crippen molar-refractivity contribution in [2.75, 3.05) is 13.1 Å². The highest BCUT2D eigenvalue weighted by atomic mass is 32.1. The summed E-state index contributed by atoms with van der Waals surface area (Å²) in [7, 11) is 0. The summed E-state index contributed by atoms with van der Waals surface area (Å²) in [6, 6.07) is 38.9. The molecule has 0 heterocycles. The Kier molecular flexibility index (Phi) is 10.8. The molecule has 0 spiro atoms. The predicted octanol–water partition coefficient (Wildman–Crippen LogP) is 6.93. The van der Waals surface area contributed by atoms with Crippen LogP contribution in [0.3, 0.4) is 0 Å². The van der Waals surface area contributed by atoms with Crippen LogP contribution in [-0.2, 0) is 0 Å². The van der Waals surface area contributed by atoms with Crippen LogP contribution in [-0.4, -0.2) is 34.6 Å². The second-order valence-corrected chi connectivity index (χ2v) is 10.6. The van der Waals surface area contributed by atoms with Crippen molar-refractivity contribution in [1.29, 1.82) is 0 Å². The van der Waals surface area contributed by atoms with Crippen LogP contribution in [0.4, 0.5) is 0 Å². The van der Waals surface area contributed by atoms with Crippen molar-refractivity contribution < 1.29 is 9.59 Å². The van der Waals surface area contributed by atoms with E-state index >= 15 is 0 Å². The zero-order valence-corrected chi connectivity index (χ0v) is 23.8. The van der Waals surface area contributed by atoms with E-state index in [9.17, 15) is 9.59 Å². The van der Waals surface area contributed by atoms with E-state index in [0.29, 0.717) is 34.2 Å². The molecule has 0 amide bonds. The Morgan fingerprint density at radius 1 is 0.500 bits per heavy atom. The SMILES string of the molecule is O=C(CC(=S)NCC(c1ccccc1)C(CNC(=S)CC(=O)c1ccccc1)c1ccccc1)c1ccccc1. The lowest BCUT2D eigenvalue weighted by molar-refractivity contribution is 0.0992. The summed E-state index contributed by atoms with van der Waals surface area (Å²) in [6.45, 7) is 1.09. The molecule has 4 rings (SSSR count). The van der Waals surface area contributed by atoms with E-state index in [1.54, 1.807) is 24.3 Å². The van der Waals surface area contributed by atoms with Gasteiger partial charge in [0.2, 0.25) is 0 Å². The number of hydrogen-bond acceptors (Lipinski definition) is 4. The van der Waals surface area contributed by atoms with Crippen molar-refractivity contribution in [2.24, 2.45) is 0 Å². The van der Waals surface area contributed by atoms with Crippen molar-refractivity contribution in [1.82, 2.24) is 10.6 Å². The van der Waals surface area contributed by atoms with E-state index in [0.717, 1.165) is 11.1 Å². The molecule has 2 N–H and O–H groups in total. The Labute approximate surface area is 246 Å². The summed E-state index contributed by atoms with van der Waals surface area (Å²) in [6.07, 6.45) is 0.307. The van der Waals surface area contributed by atoms with Crippen molar-refractivity contribution in [3.05, 3.63) is 144 Å². The maximum Gasteiger partial charge on any atom is 0.169 e. The first-order valence-electron chi connectivity index (χ1n) is 13.3. The third-order valence-electron chi connectivity index (χ3n) is 6.81. The third-order valence-corrected chi connectivity index (χ3v) is 7.39. The number of nitrogens with one attached hydrogen (secondary N) is 2. The minimum absolute atomic E-state index is 0.0101. The number of hydrogen-bond donors (Lipinski definition) is 2. The second kappa shape index (κ2) is 15.0. The van der Waals surface area contributed by atoms with Crippen LogP contribution in [0, 0.1) is 0 Å². The predicted molar refractivity (Wildman–Crippen MR) is 170 cm³/mol. The standard InChI is InChI=1S/C34H32N2O2S2/c37-31(27-17-9-3-10-18-27)21-33(39)35-23-29(25-13-5-1-6-14-25)30(26-15-7-2-8-16-26)24-36-34(40)22-32(38)28-19-11-4-12-20-28/h1-20,29-30H,21-24H2,(H,35,39)(H,36,40). The van der Waals surface area contributed by atoms with Gasteiger partial charge in [-0.15, -0.1) is 0 Å². The van der Waals surface area contributed by atoms with Crippen molar-refractivity contribution in [3.8, 4) is 0 Å². The first kappa shape index (κ1) is 29.0. The number of rotatable bonds is 13. The van der Waals surface area contributed by atoms with Gasteiger partial charge in [-0.1, -0.05) is 146 Å². The number of Topliss-reactive ketones (excluding diaryl/α,β-unsaturated/α-hetero) is 2. The molecule has 202 valence electrons. The average Bonchev–Trinajstić information content (AvgIpc) is 3.00. The van der Waals surface area contributed by atoms with E-state index in [4.69, 9.17) is 24.4 Å². The summed E-state index contributed by atoms with van der Waals surface area (Å²) in [5.41, 5.74) is 3.59. The highest BCUT2D eigenvalue weighted by Crippen LogP contribution is 2.32. The molecule has 0 bridgehead atoms. The Bertz CT molecular complexity index is 1300. The van der Waals surface area contributed by atoms with Gasteiger partial charge in [0.25, 0.3) is 0 Å². The monoisotopic (exact) mass is 564 g/mol. The zero-order valence-electron chi connectivity index (χ0n) is 22.2. The van der Waals surface area contributed by atoms with Crippen LogP contribution in [0.1, 0.15) is 56.5 Å². The molecule has 0 aliphatic carbocycles. The third kappa shape index (κ3) is 8.50. The number of ketones is 2. The van der Waals surface area contributed by atoms with Crippen LogP contribution in [0.2, 0.25) is 0 Å². The summed E-state index contributed by atoms with van der Waals surface area (Å²) in [4.78, 5) is 26.5. The first-order chi connectivity index (χ1) is 19.5. The van der Waals surface area contributed by atoms with E-state index in [-0.39, 0.29) is 36.2 Å². The van der Waals surface area contributed by atoms with E-state index < -0.39 is 0 Å². The van der Waals surface area contributed by atoms with Gasteiger partial charge < -0.3 is 10.6 Å². The van der Waals surface area contributed by atoms with Gasteiger partial charge in [-0.05, 0) is 11.1 Å². The molecule has 4 nitrogen and oxygen atoms in total. The van der Waals surface area contributed by atoms with Crippen LogP contribution in [0.15, 0.2) is 121 Å². The summed E-state index contributed by atoms with van der Waals surface area (Å²) in [5.74, 6) is 0.0233. The highest BCUT2D eigenvalue weighted by molar-refractivity contribution is 7.80. The Hall–Kier alpha value is -4.00. The highest BCUT2D eigenvalue weighted by Gasteiger charge is 2.26. The van der Waals surface area contributed by atoms with E-state index in [1.807, 2.05) is 72.8 Å². The van der Waals surface area contributed by atoms with Crippen molar-refractivity contribution >= 4 is 46.0 Å². The summed E-state index contributed by atoms with van der Waals surface area (Å²) in [5, 5.41) is 6.74. The molecule has 0 aliphatic heterocycles. The summed E-state index contributed by atoms with van der Waals surface area (Å²) < 4.78 is 0. The first-order valence-corrected chi connectivity index (χ1v) is 14.1. The molecule has 0 saturated carbocycles. The molecule has 0 fully saturated rings. The fraction of sp³-hybridized carbons (Fsp3) is 0.176. The fourth-order valence-electron chi connectivity index (χ4n) is 4.70. The van der Waals surface area contributed by atoms with Gasteiger partial charge in [0.1, 0.15) is 0 Å². The van der Waals surface area contributed by atoms with Crippen LogP contribution in [0.5, 0.6) is 0 Å². The maximum atomic E-state index is 12.7. The van der Waals surface area contributed by atoms with Gasteiger partial charge in [0.05, 0.1) is 22.8 Å². The molecule has 0 saturated heterocycles. The molecule has 2 atom stereocenters. The van der Waals surface area contributed by atoms with E-state index in [2.05, 4.69) is 34.9 Å². The van der Waals surface area contributed by atoms with Crippen LogP contribution < -0.4 is 10.6 Å². The molecule has 40 heavy (non-hydrogen) atoms. The van der Waals surface area contributed by atoms with Gasteiger partial charge in [0.15, 0.2) is 11.6 Å². The average molecular weight is 565 g/mol. The van der Waals surface area contributed by atoms with Gasteiger partial charge in [0, 0.05) is 36.1 Å². The van der Waals surface area contributed by atoms with Crippen molar-refractivity contribution in [2.45, 2.75) is 24.7 Å². The molecule has 0 aliphatic rings. The van der Waals surface area contributed by atoms with Crippen molar-refractivity contribution in [3.63, 3.8) is 0 Å². The lowest BCUT2D eigenvalue weighted by atomic mass is 9.81. The zero-order chi connectivity index (χ0) is 28.2. The van der Waals surface area contributed by atoms with Crippen LogP contribution >= 0.6 is 24.4 Å². The minimum atomic E-state index is -0.0101. The van der Waals surface area contributed by atoms with Gasteiger partial charge in [-0.2, -0.15) is 0 Å². The Morgan fingerprint density at radius 3 is 1.12 bits per heavy atom. The molecule has 4 aromatic rings. The number of thiocarbonyl (C=S) groups is 2. The molecular weight excluding hydrogens is 533 g/mol. The quantitative estimate of drug-likeness (QED) is 0.136. The number of benzene rings is 4. The fourth-order valence-corrected chi connectivity index (χ4v) is 5.13. The number of carbonyl (C=O) groups is 2. The van der Waals surface area contributed by atoms with Crippen LogP contribution in [0.25, 0.3) is 0 Å². The van der Waals surface area contributed by atoms with Gasteiger partial charge in [-0.25, -0.2) is 0 Å². The van der Waals surface area contributed by atoms with Gasteiger partial charge >= 0.3 is 0 Å². The largest absolute Gasteiger partial charge is 0.379 e. The molecule has 0 aromatic heterocycles. The smallest absolute Gasteiger partial charge is 0.169 e. The maximum absolute atomic E-state index is 12.7. The van der Waals surface area contributed by atoms with E-state index in [1.165, 1.54) is 0 Å². The Morgan fingerprint density at radius 2 is 0.800 bits per heavy atom. The molecule has 0 radical (unpaired) electrons. The lowest BCUT2D eigenvalue weighted by Crippen LogP contribution is -2.36. The minimum Gasteiger partial charge on any atom is -0.379 e. The normalized spacial score (nSPS) is 12.1. The lowest BCUT2D eigenvalue weighted by Gasteiger charge is -2.29. The second-order valence-electron chi connectivity index (χ2n) is 9.57. The number of carbonyl (C=O) groups excluding carboxylic acids is 2. The van der Waals surface area contributed by atoms with Gasteiger partial charge in [-0.3, -0.25) is 9.59 Å². The molecule has 2 unspecified atom stereocenters. The molecular formula is C34H32N2O2S2.